The van der Waals surface area contributed by atoms with Gasteiger partial charge in [-0.15, -0.1) is 11.3 Å². The largest absolute Gasteiger partial charge is 0.375 e. The number of pyridine rings is 1. The molecule has 0 aliphatic carbocycles. The van der Waals surface area contributed by atoms with Crippen LogP contribution in [0.2, 0.25) is 0 Å². The average Bonchev–Trinajstić information content (AvgIpc) is 3.11. The topological polar surface area (TPSA) is 64.7 Å². The molecule has 2 N–H and O–H groups in total. The van der Waals surface area contributed by atoms with Crippen molar-refractivity contribution >= 4 is 38.0 Å². The number of thiazole rings is 2. The summed E-state index contributed by atoms with van der Waals surface area (Å²) < 4.78 is 1.08. The normalized spacial score (nSPS) is 11.1. The minimum atomic E-state index is 0.582. The number of fused-ring (bicyclic) bond motifs is 1. The van der Waals surface area contributed by atoms with Gasteiger partial charge in [0.15, 0.2) is 5.13 Å². The zero-order chi connectivity index (χ0) is 14.9. The first-order valence-corrected chi connectivity index (χ1v) is 8.43. The second-order valence-electron chi connectivity index (χ2n) is 4.85. The fourth-order valence-electron chi connectivity index (χ4n) is 2.32. The number of nitrogen functional groups attached to an aromatic ring is 1. The molecule has 0 radical (unpaired) electrons. The summed E-state index contributed by atoms with van der Waals surface area (Å²) >= 11 is 3.13. The van der Waals surface area contributed by atoms with Crippen LogP contribution in [0.1, 0.15) is 11.3 Å². The van der Waals surface area contributed by atoms with E-state index in [1.165, 1.54) is 16.9 Å². The Labute approximate surface area is 135 Å². The smallest absolute Gasteiger partial charge is 0.180 e. The highest BCUT2D eigenvalue weighted by Crippen LogP contribution is 2.37. The Morgan fingerprint density at radius 1 is 1.00 bits per heavy atom. The van der Waals surface area contributed by atoms with Crippen molar-refractivity contribution in [2.45, 2.75) is 6.42 Å². The molecule has 22 heavy (non-hydrogen) atoms. The molecule has 4 rings (SSSR count). The van der Waals surface area contributed by atoms with Gasteiger partial charge in [0, 0.05) is 18.8 Å². The first kappa shape index (κ1) is 13.4. The van der Waals surface area contributed by atoms with Gasteiger partial charge in [-0.05, 0) is 11.6 Å². The van der Waals surface area contributed by atoms with Crippen LogP contribution in [0, 0.1) is 0 Å². The van der Waals surface area contributed by atoms with Gasteiger partial charge in [0.25, 0.3) is 0 Å². The van der Waals surface area contributed by atoms with Crippen LogP contribution in [0.25, 0.3) is 20.1 Å². The van der Waals surface area contributed by atoms with Crippen LogP contribution in [0.5, 0.6) is 0 Å². The third-order valence-corrected chi connectivity index (χ3v) is 5.40. The van der Waals surface area contributed by atoms with Crippen LogP contribution in [-0.4, -0.2) is 15.0 Å². The predicted octanol–water partition coefficient (Wildman–Crippen LogP) is 3.99. The summed E-state index contributed by atoms with van der Waals surface area (Å²) in [5, 5.41) is 1.54. The van der Waals surface area contributed by atoms with Gasteiger partial charge >= 0.3 is 0 Å². The molecule has 1 aromatic carbocycles. The number of hydrogen-bond donors (Lipinski definition) is 1. The SMILES string of the molecule is Nc1nc(Cc2ccccc2)c(-c2nc3ccncc3s2)s1. The van der Waals surface area contributed by atoms with E-state index in [0.717, 1.165) is 32.2 Å². The van der Waals surface area contributed by atoms with E-state index in [9.17, 15) is 0 Å². The van der Waals surface area contributed by atoms with Crippen molar-refractivity contribution in [2.75, 3.05) is 5.73 Å². The molecule has 0 saturated heterocycles. The molecular weight excluding hydrogens is 312 g/mol. The standard InChI is InChI=1S/C16H12N4S2/c17-16-20-12(8-10-4-2-1-3-5-10)14(22-16)15-19-11-6-7-18-9-13(11)21-15/h1-7,9H,8H2,(H2,17,20). The fourth-order valence-corrected chi connectivity index (χ4v) is 4.20. The van der Waals surface area contributed by atoms with Crippen molar-refractivity contribution in [2.24, 2.45) is 0 Å². The van der Waals surface area contributed by atoms with Gasteiger partial charge in [0.1, 0.15) is 5.01 Å². The lowest BCUT2D eigenvalue weighted by atomic mass is 10.1. The maximum absolute atomic E-state index is 5.94. The number of nitrogens with zero attached hydrogens (tertiary/aromatic N) is 3. The van der Waals surface area contributed by atoms with Crippen molar-refractivity contribution in [3.05, 3.63) is 60.0 Å². The first-order chi connectivity index (χ1) is 10.8. The molecule has 0 aliphatic heterocycles. The molecule has 0 unspecified atom stereocenters. The third kappa shape index (κ3) is 2.47. The van der Waals surface area contributed by atoms with Crippen molar-refractivity contribution in [1.29, 1.82) is 0 Å². The van der Waals surface area contributed by atoms with Gasteiger partial charge in [-0.2, -0.15) is 0 Å². The molecule has 0 saturated carbocycles. The van der Waals surface area contributed by atoms with Crippen molar-refractivity contribution in [3.63, 3.8) is 0 Å². The van der Waals surface area contributed by atoms with Crippen LogP contribution in [0.15, 0.2) is 48.8 Å². The van der Waals surface area contributed by atoms with E-state index in [-0.39, 0.29) is 0 Å². The Bertz CT molecular complexity index is 895. The number of hydrogen-bond acceptors (Lipinski definition) is 6. The summed E-state index contributed by atoms with van der Waals surface area (Å²) in [6.07, 6.45) is 4.37. The Kier molecular flexibility index (Phi) is 3.32. The molecule has 0 aliphatic rings. The number of rotatable bonds is 3. The van der Waals surface area contributed by atoms with Crippen LogP contribution in [0.3, 0.4) is 0 Å². The van der Waals surface area contributed by atoms with E-state index in [1.807, 2.05) is 30.5 Å². The molecule has 6 heteroatoms. The summed E-state index contributed by atoms with van der Waals surface area (Å²) in [7, 11) is 0. The first-order valence-electron chi connectivity index (χ1n) is 6.79. The van der Waals surface area contributed by atoms with E-state index in [1.54, 1.807) is 17.5 Å². The Hall–Kier alpha value is -2.31. The summed E-state index contributed by atoms with van der Waals surface area (Å²) in [6, 6.07) is 12.2. The monoisotopic (exact) mass is 324 g/mol. The van der Waals surface area contributed by atoms with Crippen molar-refractivity contribution in [3.8, 4) is 9.88 Å². The predicted molar refractivity (Wildman–Crippen MR) is 92.2 cm³/mol. The number of aromatic nitrogens is 3. The van der Waals surface area contributed by atoms with Gasteiger partial charge in [0.2, 0.25) is 0 Å². The van der Waals surface area contributed by atoms with Crippen molar-refractivity contribution < 1.29 is 0 Å². The van der Waals surface area contributed by atoms with Gasteiger partial charge in [0.05, 0.1) is 20.8 Å². The highest BCUT2D eigenvalue weighted by molar-refractivity contribution is 7.26. The number of nitrogens with two attached hydrogens (primary N) is 1. The van der Waals surface area contributed by atoms with Gasteiger partial charge < -0.3 is 5.73 Å². The van der Waals surface area contributed by atoms with Crippen LogP contribution in [0.4, 0.5) is 5.13 Å². The quantitative estimate of drug-likeness (QED) is 0.619. The molecule has 0 spiro atoms. The highest BCUT2D eigenvalue weighted by atomic mass is 32.1. The molecule has 0 atom stereocenters. The molecule has 0 amide bonds. The molecular formula is C16H12N4S2. The Balaban J connectivity index is 1.78. The Morgan fingerprint density at radius 2 is 1.86 bits per heavy atom. The third-order valence-electron chi connectivity index (χ3n) is 3.31. The molecule has 4 aromatic rings. The molecule has 0 bridgehead atoms. The van der Waals surface area contributed by atoms with E-state index < -0.39 is 0 Å². The summed E-state index contributed by atoms with van der Waals surface area (Å²) in [4.78, 5) is 14.4. The van der Waals surface area contributed by atoms with Crippen LogP contribution >= 0.6 is 22.7 Å². The molecule has 108 valence electrons. The fraction of sp³-hybridized carbons (Fsp3) is 0.0625. The second-order valence-corrected chi connectivity index (χ2v) is 6.91. The van der Waals surface area contributed by atoms with E-state index in [4.69, 9.17) is 10.7 Å². The maximum atomic E-state index is 5.94. The van der Waals surface area contributed by atoms with Crippen LogP contribution < -0.4 is 5.73 Å². The lowest BCUT2D eigenvalue weighted by Crippen LogP contribution is -1.91. The molecule has 4 nitrogen and oxygen atoms in total. The second kappa shape index (κ2) is 5.47. The van der Waals surface area contributed by atoms with Gasteiger partial charge in [-0.1, -0.05) is 41.7 Å². The minimum absolute atomic E-state index is 0.582. The molecule has 3 aromatic heterocycles. The average molecular weight is 324 g/mol. The number of anilines is 1. The minimum Gasteiger partial charge on any atom is -0.375 e. The molecule has 3 heterocycles. The number of benzene rings is 1. The van der Waals surface area contributed by atoms with Gasteiger partial charge in [-0.25, -0.2) is 9.97 Å². The maximum Gasteiger partial charge on any atom is 0.180 e. The highest BCUT2D eigenvalue weighted by Gasteiger charge is 2.16. The van der Waals surface area contributed by atoms with E-state index >= 15 is 0 Å². The summed E-state index contributed by atoms with van der Waals surface area (Å²) in [6.45, 7) is 0. The van der Waals surface area contributed by atoms with Crippen LogP contribution in [-0.2, 0) is 6.42 Å². The summed E-state index contributed by atoms with van der Waals surface area (Å²) in [5.41, 5.74) is 9.11. The molecule has 0 fully saturated rings. The zero-order valence-electron chi connectivity index (χ0n) is 11.6. The summed E-state index contributed by atoms with van der Waals surface area (Å²) in [5.74, 6) is 0. The zero-order valence-corrected chi connectivity index (χ0v) is 13.2. The van der Waals surface area contributed by atoms with E-state index in [0.29, 0.717) is 5.13 Å². The lowest BCUT2D eigenvalue weighted by Gasteiger charge is -2.00. The lowest BCUT2D eigenvalue weighted by molar-refractivity contribution is 1.11. The Morgan fingerprint density at radius 3 is 2.68 bits per heavy atom. The van der Waals surface area contributed by atoms with Gasteiger partial charge in [-0.3, -0.25) is 4.98 Å². The van der Waals surface area contributed by atoms with E-state index in [2.05, 4.69) is 22.1 Å². The van der Waals surface area contributed by atoms with Crippen molar-refractivity contribution in [1.82, 2.24) is 15.0 Å².